The minimum absolute atomic E-state index is 0.0431. The summed E-state index contributed by atoms with van der Waals surface area (Å²) >= 11 is 1.23. The number of hydrogen-bond donors (Lipinski definition) is 1. The molecule has 2 aromatic carbocycles. The van der Waals surface area contributed by atoms with Crippen LogP contribution in [0.3, 0.4) is 0 Å². The molecular formula is C25H25N3O3S. The highest BCUT2D eigenvalue weighted by Crippen LogP contribution is 2.43. The molecule has 0 unspecified atom stereocenters. The topological polar surface area (TPSA) is 83.4 Å². The molecule has 7 heteroatoms. The molecule has 164 valence electrons. The monoisotopic (exact) mass is 447 g/mol. The Morgan fingerprint density at radius 1 is 0.969 bits per heavy atom. The highest BCUT2D eigenvalue weighted by Gasteiger charge is 2.48. The molecule has 3 aromatic rings. The number of aliphatic hydroxyl groups is 1. The molecule has 6 nitrogen and oxygen atoms in total. The summed E-state index contributed by atoms with van der Waals surface area (Å²) in [6.07, 6.45) is 0. The van der Waals surface area contributed by atoms with E-state index < -0.39 is 17.7 Å². The maximum Gasteiger partial charge on any atom is 0.301 e. The molecule has 1 N–H and O–H groups in total. The lowest BCUT2D eigenvalue weighted by Gasteiger charge is -2.24. The van der Waals surface area contributed by atoms with E-state index in [4.69, 9.17) is 0 Å². The van der Waals surface area contributed by atoms with Crippen LogP contribution in [0.5, 0.6) is 0 Å². The van der Waals surface area contributed by atoms with Crippen molar-refractivity contribution in [3.8, 4) is 0 Å². The number of aliphatic hydroxyl groups excluding tert-OH is 1. The van der Waals surface area contributed by atoms with E-state index in [-0.39, 0.29) is 16.7 Å². The highest BCUT2D eigenvalue weighted by molar-refractivity contribution is 7.15. The van der Waals surface area contributed by atoms with Crippen molar-refractivity contribution in [1.29, 1.82) is 0 Å². The van der Waals surface area contributed by atoms with Crippen molar-refractivity contribution < 1.29 is 14.7 Å². The van der Waals surface area contributed by atoms with Gasteiger partial charge in [-0.25, -0.2) is 0 Å². The number of benzene rings is 2. The Kier molecular flexibility index (Phi) is 5.46. The van der Waals surface area contributed by atoms with Gasteiger partial charge in [0.05, 0.1) is 11.6 Å². The van der Waals surface area contributed by atoms with Gasteiger partial charge in [-0.3, -0.25) is 14.5 Å². The lowest BCUT2D eigenvalue weighted by molar-refractivity contribution is -0.132. The van der Waals surface area contributed by atoms with Gasteiger partial charge in [-0.05, 0) is 30.4 Å². The molecule has 1 saturated heterocycles. The number of rotatable bonds is 3. The molecule has 2 heterocycles. The number of aryl methyl sites for hydroxylation is 2. The quantitative estimate of drug-likeness (QED) is 0.344. The van der Waals surface area contributed by atoms with Gasteiger partial charge < -0.3 is 5.11 Å². The summed E-state index contributed by atoms with van der Waals surface area (Å²) < 4.78 is 0. The highest BCUT2D eigenvalue weighted by atomic mass is 32.1. The predicted molar refractivity (Wildman–Crippen MR) is 126 cm³/mol. The summed E-state index contributed by atoms with van der Waals surface area (Å²) in [6, 6.07) is 14.2. The molecule has 1 aromatic heterocycles. The van der Waals surface area contributed by atoms with Crippen LogP contribution in [0, 0.1) is 13.8 Å². The zero-order chi connectivity index (χ0) is 23.2. The molecule has 0 spiro atoms. The molecule has 1 amide bonds. The van der Waals surface area contributed by atoms with Crippen molar-refractivity contribution in [3.05, 3.63) is 81.4 Å². The fourth-order valence-corrected chi connectivity index (χ4v) is 4.48. The molecule has 1 fully saturated rings. The van der Waals surface area contributed by atoms with Gasteiger partial charge in [-0.15, -0.1) is 10.2 Å². The molecule has 4 rings (SSSR count). The van der Waals surface area contributed by atoms with Crippen LogP contribution in [0.1, 0.15) is 54.1 Å². The molecule has 0 radical (unpaired) electrons. The number of amides is 1. The largest absolute Gasteiger partial charge is 0.507 e. The molecule has 1 atom stereocenters. The number of carbonyl (C=O) groups is 2. The Balaban J connectivity index is 1.91. The van der Waals surface area contributed by atoms with E-state index >= 15 is 0 Å². The smallest absolute Gasteiger partial charge is 0.301 e. The Labute approximate surface area is 191 Å². The predicted octanol–water partition coefficient (Wildman–Crippen LogP) is 5.08. The number of Topliss-reactive ketones (excluding diaryl/α,β-unsaturated/α-hetero) is 1. The van der Waals surface area contributed by atoms with Gasteiger partial charge in [0.25, 0.3) is 5.78 Å². The van der Waals surface area contributed by atoms with Gasteiger partial charge in [-0.1, -0.05) is 86.2 Å². The molecule has 0 aliphatic carbocycles. The summed E-state index contributed by atoms with van der Waals surface area (Å²) in [5.41, 5.74) is 3.37. The molecule has 32 heavy (non-hydrogen) atoms. The van der Waals surface area contributed by atoms with E-state index in [0.717, 1.165) is 16.7 Å². The van der Waals surface area contributed by atoms with E-state index in [9.17, 15) is 14.7 Å². The van der Waals surface area contributed by atoms with E-state index in [0.29, 0.717) is 15.7 Å². The summed E-state index contributed by atoms with van der Waals surface area (Å²) in [5.74, 6) is -1.66. The third-order valence-electron chi connectivity index (χ3n) is 5.58. The van der Waals surface area contributed by atoms with Gasteiger partial charge in [-0.2, -0.15) is 0 Å². The van der Waals surface area contributed by atoms with E-state index in [1.165, 1.54) is 16.2 Å². The standard InChI is InChI=1S/C25H25N3O3S/c1-14-6-8-17(9-7-14)21(29)19-20(16-10-12-18(13-11-16)25(3,4)5)28(23(31)22(19)30)24-27-26-15(2)32-24/h6-13,20,29H,1-5H3/b21-19+/t20-/m0/s1. The third kappa shape index (κ3) is 3.84. The Hall–Kier alpha value is -3.32. The van der Waals surface area contributed by atoms with Crippen LogP contribution in [-0.4, -0.2) is 27.0 Å². The number of ketones is 1. The van der Waals surface area contributed by atoms with E-state index in [2.05, 4.69) is 31.0 Å². The molecule has 1 aliphatic rings. The molecular weight excluding hydrogens is 422 g/mol. The van der Waals surface area contributed by atoms with Gasteiger partial charge in [0.15, 0.2) is 0 Å². The van der Waals surface area contributed by atoms with Crippen molar-refractivity contribution in [2.45, 2.75) is 46.1 Å². The minimum atomic E-state index is -0.794. The van der Waals surface area contributed by atoms with Crippen molar-refractivity contribution in [3.63, 3.8) is 0 Å². The Morgan fingerprint density at radius 2 is 1.59 bits per heavy atom. The van der Waals surface area contributed by atoms with E-state index in [1.54, 1.807) is 19.1 Å². The zero-order valence-electron chi connectivity index (χ0n) is 18.7. The van der Waals surface area contributed by atoms with Crippen LogP contribution in [0.25, 0.3) is 5.76 Å². The van der Waals surface area contributed by atoms with Crippen LogP contribution < -0.4 is 4.90 Å². The summed E-state index contributed by atoms with van der Waals surface area (Å²) in [6.45, 7) is 10.1. The van der Waals surface area contributed by atoms with Crippen molar-refractivity contribution in [1.82, 2.24) is 10.2 Å². The first-order valence-corrected chi connectivity index (χ1v) is 11.2. The van der Waals surface area contributed by atoms with Crippen LogP contribution in [0.15, 0.2) is 54.1 Å². The van der Waals surface area contributed by atoms with Gasteiger partial charge in [0, 0.05) is 5.56 Å². The van der Waals surface area contributed by atoms with Gasteiger partial charge in [0.2, 0.25) is 5.13 Å². The first-order valence-electron chi connectivity index (χ1n) is 10.4. The van der Waals surface area contributed by atoms with Gasteiger partial charge in [0.1, 0.15) is 10.8 Å². The number of aromatic nitrogens is 2. The summed E-state index contributed by atoms with van der Waals surface area (Å²) in [7, 11) is 0. The summed E-state index contributed by atoms with van der Waals surface area (Å²) in [5, 5.41) is 20.3. The summed E-state index contributed by atoms with van der Waals surface area (Å²) in [4.78, 5) is 27.6. The van der Waals surface area contributed by atoms with Crippen LogP contribution >= 0.6 is 11.3 Å². The zero-order valence-corrected chi connectivity index (χ0v) is 19.5. The first kappa shape index (κ1) is 21.9. The number of anilines is 1. The fourth-order valence-electron chi connectivity index (χ4n) is 3.76. The molecule has 0 saturated carbocycles. The second-order valence-corrected chi connectivity index (χ2v) is 10.2. The SMILES string of the molecule is Cc1ccc(/C(O)=C2\C(=O)C(=O)N(c3nnc(C)s3)[C@H]2c2ccc(C(C)(C)C)cc2)cc1. The van der Waals surface area contributed by atoms with E-state index in [1.807, 2.05) is 43.3 Å². The lowest BCUT2D eigenvalue weighted by atomic mass is 9.85. The average Bonchev–Trinajstić information content (AvgIpc) is 3.28. The normalized spacial score (nSPS) is 18.4. The van der Waals surface area contributed by atoms with Crippen molar-refractivity contribution in [2.24, 2.45) is 0 Å². The second-order valence-electron chi connectivity index (χ2n) is 9.01. The van der Waals surface area contributed by atoms with Crippen LogP contribution in [0.4, 0.5) is 5.13 Å². The Bertz CT molecular complexity index is 1220. The molecule has 1 aliphatic heterocycles. The number of hydrogen-bond acceptors (Lipinski definition) is 6. The maximum absolute atomic E-state index is 13.1. The minimum Gasteiger partial charge on any atom is -0.507 e. The first-order chi connectivity index (χ1) is 15.1. The average molecular weight is 448 g/mol. The third-order valence-corrected chi connectivity index (χ3v) is 6.42. The fraction of sp³-hybridized carbons (Fsp3) is 0.280. The number of nitrogens with zero attached hydrogens (tertiary/aromatic N) is 3. The van der Waals surface area contributed by atoms with Crippen LogP contribution in [0.2, 0.25) is 0 Å². The molecule has 0 bridgehead atoms. The number of carbonyl (C=O) groups excluding carboxylic acids is 2. The van der Waals surface area contributed by atoms with Crippen LogP contribution in [-0.2, 0) is 15.0 Å². The van der Waals surface area contributed by atoms with Gasteiger partial charge >= 0.3 is 5.91 Å². The van der Waals surface area contributed by atoms with Crippen molar-refractivity contribution in [2.75, 3.05) is 4.90 Å². The van der Waals surface area contributed by atoms with Crippen molar-refractivity contribution >= 4 is 33.9 Å². The second kappa shape index (κ2) is 7.98. The maximum atomic E-state index is 13.1. The lowest BCUT2D eigenvalue weighted by Crippen LogP contribution is -2.29. The Morgan fingerprint density at radius 3 is 2.12 bits per heavy atom.